The third-order valence-electron chi connectivity index (χ3n) is 8.40. The van der Waals surface area contributed by atoms with Gasteiger partial charge in [0.15, 0.2) is 0 Å². The molecule has 1 saturated heterocycles. The number of sulfonamides is 1. The zero-order valence-corrected chi connectivity index (χ0v) is 23.3. The molecule has 7 heteroatoms. The number of likely N-dealkylation sites (tertiary alicyclic amines) is 1. The molecule has 0 saturated carbocycles. The van der Waals surface area contributed by atoms with Crippen LogP contribution >= 0.6 is 0 Å². The van der Waals surface area contributed by atoms with Crippen molar-refractivity contribution < 1.29 is 12.6 Å². The first-order valence-electron chi connectivity index (χ1n) is 13.0. The van der Waals surface area contributed by atoms with E-state index in [0.717, 1.165) is 55.1 Å². The molecular formula is C30H36N2O3S2. The van der Waals surface area contributed by atoms with E-state index in [2.05, 4.69) is 36.1 Å². The zero-order valence-electron chi connectivity index (χ0n) is 21.7. The highest BCUT2D eigenvalue weighted by Crippen LogP contribution is 2.45. The van der Waals surface area contributed by atoms with E-state index in [9.17, 15) is 12.6 Å². The van der Waals surface area contributed by atoms with Crippen molar-refractivity contribution in [2.45, 2.75) is 46.8 Å². The Kier molecular flexibility index (Phi) is 7.42. The quantitative estimate of drug-likeness (QED) is 0.415. The predicted molar refractivity (Wildman–Crippen MR) is 150 cm³/mol. The summed E-state index contributed by atoms with van der Waals surface area (Å²) >= 11 is 0. The average molecular weight is 537 g/mol. The molecule has 1 fully saturated rings. The molecule has 2 atom stereocenters. The summed E-state index contributed by atoms with van der Waals surface area (Å²) in [6.07, 6.45) is 2.88. The van der Waals surface area contributed by atoms with E-state index >= 15 is 0 Å². The van der Waals surface area contributed by atoms with Gasteiger partial charge in [-0.25, -0.2) is 12.7 Å². The number of hydrogen-bond donors (Lipinski definition) is 0. The highest BCUT2D eigenvalue weighted by Gasteiger charge is 2.44. The minimum Gasteiger partial charge on any atom is -0.303 e. The third-order valence-corrected chi connectivity index (χ3v) is 11.9. The summed E-state index contributed by atoms with van der Waals surface area (Å²) in [5, 5.41) is 0. The SMILES string of the molecule is CN(CC(C)(CCN1CCC2(CC1)CS(=O)c1ccccc12)c1ccccc1)S(=O)(=O)c1ccccc1. The van der Waals surface area contributed by atoms with Crippen LogP contribution in [0.25, 0.3) is 0 Å². The van der Waals surface area contributed by atoms with Gasteiger partial charge in [0.25, 0.3) is 0 Å². The highest BCUT2D eigenvalue weighted by atomic mass is 32.2. The molecule has 0 N–H and O–H groups in total. The van der Waals surface area contributed by atoms with Gasteiger partial charge in [-0.3, -0.25) is 4.21 Å². The fraction of sp³-hybridized carbons (Fsp3) is 0.400. The van der Waals surface area contributed by atoms with Gasteiger partial charge in [0.2, 0.25) is 10.0 Å². The maximum absolute atomic E-state index is 13.3. The van der Waals surface area contributed by atoms with Crippen molar-refractivity contribution in [2.75, 3.05) is 39.0 Å². The lowest BCUT2D eigenvalue weighted by molar-refractivity contribution is 0.155. The normalized spacial score (nSPS) is 21.1. The molecule has 3 aromatic rings. The largest absolute Gasteiger partial charge is 0.303 e. The molecule has 5 rings (SSSR count). The molecule has 2 aliphatic heterocycles. The lowest BCUT2D eigenvalue weighted by Crippen LogP contribution is -2.46. The van der Waals surface area contributed by atoms with E-state index in [-0.39, 0.29) is 10.8 Å². The second-order valence-corrected chi connectivity index (χ2v) is 14.3. The number of hydrogen-bond acceptors (Lipinski definition) is 4. The Balaban J connectivity index is 1.29. The van der Waals surface area contributed by atoms with Crippen LogP contribution < -0.4 is 0 Å². The third kappa shape index (κ3) is 5.19. The molecule has 0 radical (unpaired) electrons. The number of benzene rings is 3. The molecule has 2 heterocycles. The van der Waals surface area contributed by atoms with Gasteiger partial charge in [-0.15, -0.1) is 0 Å². The van der Waals surface area contributed by atoms with Gasteiger partial charge >= 0.3 is 0 Å². The molecule has 0 bridgehead atoms. The van der Waals surface area contributed by atoms with Crippen molar-refractivity contribution in [3.8, 4) is 0 Å². The summed E-state index contributed by atoms with van der Waals surface area (Å²) in [6.45, 7) is 5.41. The van der Waals surface area contributed by atoms with E-state index in [1.54, 1.807) is 31.3 Å². The standard InChI is InChI=1S/C30H36N2O3S2/c1-29(25-11-5-3-6-12-25,23-31(2)37(34,35)26-13-7-4-8-14-26)17-20-32-21-18-30(19-22-32)24-36(33)28-16-10-9-15-27(28)30/h3-16H,17-24H2,1-2H3. The minimum atomic E-state index is -3.58. The lowest BCUT2D eigenvalue weighted by Gasteiger charge is -2.41. The smallest absolute Gasteiger partial charge is 0.242 e. The number of fused-ring (bicyclic) bond motifs is 2. The van der Waals surface area contributed by atoms with Gasteiger partial charge in [0.05, 0.1) is 15.7 Å². The van der Waals surface area contributed by atoms with Crippen molar-refractivity contribution in [1.29, 1.82) is 0 Å². The zero-order chi connectivity index (χ0) is 26.1. The van der Waals surface area contributed by atoms with E-state index in [1.807, 2.05) is 36.4 Å². The van der Waals surface area contributed by atoms with E-state index in [4.69, 9.17) is 0 Å². The van der Waals surface area contributed by atoms with Crippen LogP contribution in [0.3, 0.4) is 0 Å². The molecular weight excluding hydrogens is 500 g/mol. The van der Waals surface area contributed by atoms with Crippen molar-refractivity contribution >= 4 is 20.8 Å². The van der Waals surface area contributed by atoms with E-state index < -0.39 is 20.8 Å². The van der Waals surface area contributed by atoms with Crippen molar-refractivity contribution in [3.63, 3.8) is 0 Å². The number of likely N-dealkylation sites (N-methyl/N-ethyl adjacent to an activating group) is 1. The van der Waals surface area contributed by atoms with Gasteiger partial charge in [0, 0.05) is 35.1 Å². The summed E-state index contributed by atoms with van der Waals surface area (Å²) in [5.41, 5.74) is 2.13. The van der Waals surface area contributed by atoms with Gasteiger partial charge in [-0.1, -0.05) is 73.7 Å². The first-order valence-corrected chi connectivity index (χ1v) is 15.8. The number of rotatable bonds is 8. The second kappa shape index (κ2) is 10.4. The van der Waals surface area contributed by atoms with Crippen LogP contribution in [0.1, 0.15) is 37.3 Å². The molecule has 196 valence electrons. The van der Waals surface area contributed by atoms with Gasteiger partial charge in [0.1, 0.15) is 0 Å². The maximum atomic E-state index is 13.3. The van der Waals surface area contributed by atoms with Crippen LogP contribution in [0.5, 0.6) is 0 Å². The van der Waals surface area contributed by atoms with Crippen molar-refractivity contribution in [2.24, 2.45) is 0 Å². The average Bonchev–Trinajstić information content (AvgIpc) is 3.20. The van der Waals surface area contributed by atoms with Crippen LogP contribution in [-0.2, 0) is 31.7 Å². The fourth-order valence-electron chi connectivity index (χ4n) is 6.04. The van der Waals surface area contributed by atoms with Gasteiger partial charge in [-0.2, -0.15) is 0 Å². The Morgan fingerprint density at radius 1 is 0.919 bits per heavy atom. The molecule has 0 aliphatic carbocycles. The molecule has 2 aliphatic rings. The van der Waals surface area contributed by atoms with Crippen molar-refractivity contribution in [1.82, 2.24) is 9.21 Å². The molecule has 3 aromatic carbocycles. The molecule has 37 heavy (non-hydrogen) atoms. The molecule has 5 nitrogen and oxygen atoms in total. The van der Waals surface area contributed by atoms with Crippen LogP contribution in [0.2, 0.25) is 0 Å². The molecule has 0 aromatic heterocycles. The highest BCUT2D eigenvalue weighted by molar-refractivity contribution is 7.89. The molecule has 1 spiro atoms. The predicted octanol–water partition coefficient (Wildman–Crippen LogP) is 4.81. The maximum Gasteiger partial charge on any atom is 0.242 e. The minimum absolute atomic E-state index is 0.0324. The second-order valence-electron chi connectivity index (χ2n) is 10.9. The Bertz CT molecular complexity index is 1350. The van der Waals surface area contributed by atoms with E-state index in [1.165, 1.54) is 9.87 Å². The van der Waals surface area contributed by atoms with Crippen LogP contribution in [0.4, 0.5) is 0 Å². The van der Waals surface area contributed by atoms with E-state index in [0.29, 0.717) is 11.4 Å². The first-order chi connectivity index (χ1) is 17.7. The lowest BCUT2D eigenvalue weighted by atomic mass is 9.74. The first kappa shape index (κ1) is 26.3. The molecule has 2 unspecified atom stereocenters. The Labute approximate surface area is 224 Å². The van der Waals surface area contributed by atoms with Crippen LogP contribution in [0.15, 0.2) is 94.7 Å². The van der Waals surface area contributed by atoms with Gasteiger partial charge in [-0.05, 0) is 68.2 Å². The monoisotopic (exact) mass is 536 g/mol. The van der Waals surface area contributed by atoms with Gasteiger partial charge < -0.3 is 4.90 Å². The summed E-state index contributed by atoms with van der Waals surface area (Å²) in [5.74, 6) is 0.740. The topological polar surface area (TPSA) is 57.7 Å². The number of nitrogens with zero attached hydrogens (tertiary/aromatic N) is 2. The summed E-state index contributed by atoms with van der Waals surface area (Å²) in [6, 6.07) is 27.2. The Morgan fingerprint density at radius 3 is 2.19 bits per heavy atom. The van der Waals surface area contributed by atoms with Crippen LogP contribution in [-0.4, -0.2) is 60.8 Å². The fourth-order valence-corrected chi connectivity index (χ4v) is 9.21. The number of piperidine rings is 1. The van der Waals surface area contributed by atoms with Crippen molar-refractivity contribution in [3.05, 3.63) is 96.1 Å². The molecule has 0 amide bonds. The summed E-state index contributed by atoms with van der Waals surface area (Å²) in [7, 11) is -2.80. The Morgan fingerprint density at radius 2 is 1.51 bits per heavy atom. The summed E-state index contributed by atoms with van der Waals surface area (Å²) in [4.78, 5) is 3.85. The van der Waals surface area contributed by atoms with Crippen LogP contribution in [0, 0.1) is 0 Å². The Hall–Kier alpha value is -2.32. The summed E-state index contributed by atoms with van der Waals surface area (Å²) < 4.78 is 40.9.